The Morgan fingerprint density at radius 2 is 2.07 bits per heavy atom. The van der Waals surface area contributed by atoms with Crippen LogP contribution in [0.2, 0.25) is 0 Å². The maximum Gasteiger partial charge on any atom is 0.252 e. The molecule has 1 atom stereocenters. The number of pyridine rings is 1. The second-order valence-corrected chi connectivity index (χ2v) is 8.12. The number of aryl methyl sites for hydroxylation is 1. The first kappa shape index (κ1) is 18.9. The predicted molar refractivity (Wildman–Crippen MR) is 107 cm³/mol. The van der Waals surface area contributed by atoms with Gasteiger partial charge in [-0.1, -0.05) is 13.8 Å². The van der Waals surface area contributed by atoms with Gasteiger partial charge in [0.05, 0.1) is 17.9 Å². The van der Waals surface area contributed by atoms with Crippen LogP contribution in [-0.2, 0) is 13.5 Å². The molecule has 148 valence electrons. The molecule has 1 amide bonds. The molecule has 0 aromatic carbocycles. The maximum absolute atomic E-state index is 12.8. The molecule has 3 aromatic rings. The molecule has 3 heterocycles. The van der Waals surface area contributed by atoms with E-state index in [9.17, 15) is 9.59 Å². The summed E-state index contributed by atoms with van der Waals surface area (Å²) in [6.07, 6.45) is 9.72. The van der Waals surface area contributed by atoms with Gasteiger partial charge >= 0.3 is 0 Å². The van der Waals surface area contributed by atoms with Crippen molar-refractivity contribution in [2.75, 3.05) is 0 Å². The second-order valence-electron chi connectivity index (χ2n) is 8.12. The molecule has 0 fully saturated rings. The lowest BCUT2D eigenvalue weighted by molar-refractivity contribution is 0.0918. The third kappa shape index (κ3) is 3.91. The highest BCUT2D eigenvalue weighted by atomic mass is 16.2. The van der Waals surface area contributed by atoms with E-state index in [-0.39, 0.29) is 22.9 Å². The minimum atomic E-state index is -0.283. The van der Waals surface area contributed by atoms with Gasteiger partial charge in [0.25, 0.3) is 11.5 Å². The molecule has 3 aromatic heterocycles. The zero-order valence-electron chi connectivity index (χ0n) is 16.6. The largest absolute Gasteiger partial charge is 0.345 e. The Bertz CT molecular complexity index is 1120. The number of amides is 1. The van der Waals surface area contributed by atoms with Crippen molar-refractivity contribution < 1.29 is 4.79 Å². The van der Waals surface area contributed by atoms with Crippen LogP contribution in [0.25, 0.3) is 11.5 Å². The highest BCUT2D eigenvalue weighted by molar-refractivity contribution is 5.94. The van der Waals surface area contributed by atoms with Crippen LogP contribution in [-0.4, -0.2) is 30.4 Å². The minimum absolute atomic E-state index is 0.0498. The van der Waals surface area contributed by atoms with E-state index in [4.69, 9.17) is 4.98 Å². The molecular formula is C21H22N6O2. The Labute approximate surface area is 168 Å². The summed E-state index contributed by atoms with van der Waals surface area (Å²) in [5, 5.41) is 3.06. The van der Waals surface area contributed by atoms with Gasteiger partial charge in [-0.2, -0.15) is 0 Å². The van der Waals surface area contributed by atoms with E-state index in [1.54, 1.807) is 44.1 Å². The molecule has 8 nitrogen and oxygen atoms in total. The first-order valence-corrected chi connectivity index (χ1v) is 9.42. The third-order valence-electron chi connectivity index (χ3n) is 5.14. The maximum atomic E-state index is 12.8. The van der Waals surface area contributed by atoms with Gasteiger partial charge in [0.15, 0.2) is 5.82 Å². The van der Waals surface area contributed by atoms with E-state index >= 15 is 0 Å². The summed E-state index contributed by atoms with van der Waals surface area (Å²) in [7, 11) is 1.65. The van der Waals surface area contributed by atoms with Gasteiger partial charge in [-0.25, -0.2) is 15.0 Å². The van der Waals surface area contributed by atoms with Crippen molar-refractivity contribution in [3.63, 3.8) is 0 Å². The molecule has 0 saturated heterocycles. The monoisotopic (exact) mass is 390 g/mol. The number of aromatic nitrogens is 5. The SMILES string of the molecule is Cn1ccc(C(=O)N[C@H]2CC(C)(C)Cc3nc(-c4cnccn4)ncc32)cc1=O. The normalized spacial score (nSPS) is 17.4. The molecule has 1 aliphatic rings. The molecule has 8 heteroatoms. The summed E-state index contributed by atoms with van der Waals surface area (Å²) in [6.45, 7) is 4.30. The van der Waals surface area contributed by atoms with Crippen LogP contribution in [0.1, 0.15) is 47.9 Å². The molecule has 0 unspecified atom stereocenters. The van der Waals surface area contributed by atoms with Crippen molar-refractivity contribution in [1.82, 2.24) is 29.8 Å². The lowest BCUT2D eigenvalue weighted by Crippen LogP contribution is -2.37. The number of hydrogen-bond acceptors (Lipinski definition) is 6. The quantitative estimate of drug-likeness (QED) is 0.734. The van der Waals surface area contributed by atoms with E-state index in [0.717, 1.165) is 24.1 Å². The van der Waals surface area contributed by atoms with Crippen LogP contribution >= 0.6 is 0 Å². The molecular weight excluding hydrogens is 368 g/mol. The van der Waals surface area contributed by atoms with E-state index in [0.29, 0.717) is 17.1 Å². The Hall–Kier alpha value is -3.42. The van der Waals surface area contributed by atoms with Crippen molar-refractivity contribution in [3.8, 4) is 11.5 Å². The topological polar surface area (TPSA) is 103 Å². The Morgan fingerprint density at radius 3 is 2.79 bits per heavy atom. The van der Waals surface area contributed by atoms with Gasteiger partial charge in [0.2, 0.25) is 0 Å². The van der Waals surface area contributed by atoms with Gasteiger partial charge in [0, 0.05) is 49.0 Å². The second kappa shape index (κ2) is 7.20. The zero-order valence-corrected chi connectivity index (χ0v) is 16.6. The Kier molecular flexibility index (Phi) is 4.70. The molecule has 0 bridgehead atoms. The van der Waals surface area contributed by atoms with Gasteiger partial charge in [0.1, 0.15) is 5.69 Å². The first-order chi connectivity index (χ1) is 13.8. The highest BCUT2D eigenvalue weighted by Gasteiger charge is 2.34. The minimum Gasteiger partial charge on any atom is -0.345 e. The highest BCUT2D eigenvalue weighted by Crippen LogP contribution is 2.40. The standard InChI is InChI=1S/C21H22N6O2/c1-21(2)9-15-14(11-24-19(25-15)17-12-22-5-6-23-17)16(10-21)26-20(29)13-4-7-27(3)18(28)8-13/h4-8,11-12,16H,9-10H2,1-3H3,(H,26,29)/t16-/m0/s1. The van der Waals surface area contributed by atoms with Crippen molar-refractivity contribution in [2.45, 2.75) is 32.7 Å². The summed E-state index contributed by atoms with van der Waals surface area (Å²) in [5.74, 6) is 0.237. The summed E-state index contributed by atoms with van der Waals surface area (Å²) in [5.41, 5.74) is 2.47. The lowest BCUT2D eigenvalue weighted by atomic mass is 9.74. The average molecular weight is 390 g/mol. The molecule has 29 heavy (non-hydrogen) atoms. The van der Waals surface area contributed by atoms with Crippen LogP contribution < -0.4 is 10.9 Å². The van der Waals surface area contributed by atoms with E-state index in [2.05, 4.69) is 34.1 Å². The average Bonchev–Trinajstić information content (AvgIpc) is 2.69. The van der Waals surface area contributed by atoms with Crippen molar-refractivity contribution in [3.05, 3.63) is 70.3 Å². The van der Waals surface area contributed by atoms with Crippen molar-refractivity contribution in [1.29, 1.82) is 0 Å². The molecule has 1 aliphatic carbocycles. The van der Waals surface area contributed by atoms with Crippen LogP contribution in [0.15, 0.2) is 47.9 Å². The number of rotatable bonds is 3. The molecule has 0 spiro atoms. The number of nitrogens with zero attached hydrogens (tertiary/aromatic N) is 5. The third-order valence-corrected chi connectivity index (χ3v) is 5.14. The number of fused-ring (bicyclic) bond motifs is 1. The van der Waals surface area contributed by atoms with Crippen LogP contribution in [0.4, 0.5) is 0 Å². The fourth-order valence-corrected chi connectivity index (χ4v) is 3.65. The number of carbonyl (C=O) groups excluding carboxylic acids is 1. The summed E-state index contributed by atoms with van der Waals surface area (Å²) in [6, 6.07) is 2.75. The fourth-order valence-electron chi connectivity index (χ4n) is 3.65. The number of carbonyl (C=O) groups is 1. The summed E-state index contributed by atoms with van der Waals surface area (Å²) in [4.78, 5) is 42.1. The summed E-state index contributed by atoms with van der Waals surface area (Å²) >= 11 is 0. The molecule has 0 saturated carbocycles. The lowest BCUT2D eigenvalue weighted by Gasteiger charge is -2.36. The fraction of sp³-hybridized carbons (Fsp3) is 0.333. The van der Waals surface area contributed by atoms with Crippen LogP contribution in [0.3, 0.4) is 0 Å². The van der Waals surface area contributed by atoms with E-state index in [1.807, 2.05) is 0 Å². The van der Waals surface area contributed by atoms with Gasteiger partial charge in [-0.05, 0) is 24.3 Å². The zero-order chi connectivity index (χ0) is 20.6. The van der Waals surface area contributed by atoms with Crippen molar-refractivity contribution >= 4 is 5.91 Å². The first-order valence-electron chi connectivity index (χ1n) is 9.42. The van der Waals surface area contributed by atoms with Crippen molar-refractivity contribution in [2.24, 2.45) is 12.5 Å². The predicted octanol–water partition coefficient (Wildman–Crippen LogP) is 2.08. The smallest absolute Gasteiger partial charge is 0.252 e. The molecule has 0 radical (unpaired) electrons. The molecule has 4 rings (SSSR count). The number of hydrogen-bond donors (Lipinski definition) is 1. The van der Waals surface area contributed by atoms with Crippen LogP contribution in [0.5, 0.6) is 0 Å². The van der Waals surface area contributed by atoms with Crippen LogP contribution in [0, 0.1) is 5.41 Å². The van der Waals surface area contributed by atoms with E-state index in [1.165, 1.54) is 10.6 Å². The Balaban J connectivity index is 1.66. The van der Waals surface area contributed by atoms with Gasteiger partial charge < -0.3 is 9.88 Å². The van der Waals surface area contributed by atoms with Gasteiger partial charge in [-0.15, -0.1) is 0 Å². The van der Waals surface area contributed by atoms with E-state index < -0.39 is 0 Å². The van der Waals surface area contributed by atoms with Gasteiger partial charge in [-0.3, -0.25) is 14.6 Å². The number of nitrogens with one attached hydrogen (secondary N) is 1. The summed E-state index contributed by atoms with van der Waals surface area (Å²) < 4.78 is 1.43. The molecule has 0 aliphatic heterocycles. The Morgan fingerprint density at radius 1 is 1.24 bits per heavy atom. The molecule has 1 N–H and O–H groups in total.